The molecule has 3 aromatic rings. The van der Waals surface area contributed by atoms with Gasteiger partial charge in [0, 0.05) is 38.6 Å². The number of fused-ring (bicyclic) bond motifs is 1. The summed E-state index contributed by atoms with van der Waals surface area (Å²) in [7, 11) is -0.672. The molecule has 0 bridgehead atoms. The molecule has 0 radical (unpaired) electrons. The van der Waals surface area contributed by atoms with E-state index in [-0.39, 0.29) is 17.9 Å². The Labute approximate surface area is 202 Å². The summed E-state index contributed by atoms with van der Waals surface area (Å²) in [5.41, 5.74) is 1.53. The van der Waals surface area contributed by atoms with Crippen molar-refractivity contribution < 1.29 is 22.7 Å². The van der Waals surface area contributed by atoms with Gasteiger partial charge in [-0.05, 0) is 44.5 Å². The maximum atomic E-state index is 12.4. The molecule has 1 aromatic carbocycles. The van der Waals surface area contributed by atoms with Crippen LogP contribution in [0.2, 0.25) is 0 Å². The zero-order chi connectivity index (χ0) is 25.1. The molecule has 0 unspecified atom stereocenters. The number of benzene rings is 1. The minimum Gasteiger partial charge on any atom is -0.460 e. The van der Waals surface area contributed by atoms with Gasteiger partial charge in [0.1, 0.15) is 10.5 Å². The Balaban J connectivity index is 1.68. The van der Waals surface area contributed by atoms with Gasteiger partial charge in [0.2, 0.25) is 10.0 Å². The molecule has 0 atom stereocenters. The standard InChI is InChI=1S/C22H27N5O5S2/c1-22(2,3)32-19(28)8-9-24-20(29)26-21-25-17-7-6-14(11-18(17)33-21)15-10-16(13-23-12-15)34(30,31)27(4)5/h6-7,10-13H,8-9H2,1-5H3,(H2,24,25,26,29). The van der Waals surface area contributed by atoms with E-state index in [0.29, 0.717) is 16.2 Å². The Hall–Kier alpha value is -3.09. The summed E-state index contributed by atoms with van der Waals surface area (Å²) < 4.78 is 32.0. The van der Waals surface area contributed by atoms with Crippen LogP contribution in [0.1, 0.15) is 27.2 Å². The number of anilines is 1. The van der Waals surface area contributed by atoms with E-state index in [2.05, 4.69) is 20.6 Å². The highest BCUT2D eigenvalue weighted by atomic mass is 32.2. The van der Waals surface area contributed by atoms with Crippen molar-refractivity contribution in [3.05, 3.63) is 36.7 Å². The van der Waals surface area contributed by atoms with E-state index in [1.54, 1.807) is 39.1 Å². The molecule has 0 spiro atoms. The maximum absolute atomic E-state index is 12.4. The summed E-state index contributed by atoms with van der Waals surface area (Å²) in [6.07, 6.45) is 2.96. The molecule has 0 fully saturated rings. The molecule has 10 nitrogen and oxygen atoms in total. The Morgan fingerprint density at radius 2 is 1.85 bits per heavy atom. The third kappa shape index (κ3) is 6.49. The van der Waals surface area contributed by atoms with Crippen molar-refractivity contribution in [2.24, 2.45) is 0 Å². The number of rotatable bonds is 7. The number of ether oxygens (including phenoxy) is 1. The third-order valence-corrected chi connectivity index (χ3v) is 7.18. The fourth-order valence-corrected chi connectivity index (χ4v) is 4.69. The number of amides is 2. The number of carbonyl (C=O) groups is 2. The quantitative estimate of drug-likeness (QED) is 0.470. The van der Waals surface area contributed by atoms with Crippen LogP contribution in [0.4, 0.5) is 9.93 Å². The van der Waals surface area contributed by atoms with Gasteiger partial charge in [-0.25, -0.2) is 22.5 Å². The molecule has 0 aliphatic heterocycles. The highest BCUT2D eigenvalue weighted by Crippen LogP contribution is 2.31. The summed E-state index contributed by atoms with van der Waals surface area (Å²) in [5.74, 6) is -0.391. The minimum absolute atomic E-state index is 0.0601. The van der Waals surface area contributed by atoms with Crippen LogP contribution in [0.3, 0.4) is 0 Å². The van der Waals surface area contributed by atoms with Gasteiger partial charge in [0.05, 0.1) is 16.6 Å². The Bertz CT molecular complexity index is 1310. The lowest BCUT2D eigenvalue weighted by Gasteiger charge is -2.19. The number of aromatic nitrogens is 2. The lowest BCUT2D eigenvalue weighted by atomic mass is 10.1. The molecule has 0 saturated carbocycles. The highest BCUT2D eigenvalue weighted by molar-refractivity contribution is 7.89. The number of sulfonamides is 1. The van der Waals surface area contributed by atoms with Crippen LogP contribution in [0.5, 0.6) is 0 Å². The average molecular weight is 506 g/mol. The van der Waals surface area contributed by atoms with Crippen molar-refractivity contribution in [1.29, 1.82) is 0 Å². The van der Waals surface area contributed by atoms with Gasteiger partial charge in [-0.3, -0.25) is 15.1 Å². The second-order valence-corrected chi connectivity index (χ2v) is 11.8. The summed E-state index contributed by atoms with van der Waals surface area (Å²) in [6.45, 7) is 5.47. The molecule has 2 aromatic heterocycles. The van der Waals surface area contributed by atoms with Crippen molar-refractivity contribution in [2.75, 3.05) is 26.0 Å². The van der Waals surface area contributed by atoms with Crippen LogP contribution in [0, 0.1) is 0 Å². The van der Waals surface area contributed by atoms with E-state index < -0.39 is 27.6 Å². The van der Waals surface area contributed by atoms with Crippen LogP contribution in [0.25, 0.3) is 21.3 Å². The second-order valence-electron chi connectivity index (χ2n) is 8.62. The van der Waals surface area contributed by atoms with Crippen LogP contribution in [-0.4, -0.2) is 60.9 Å². The molecule has 2 amide bonds. The highest BCUT2D eigenvalue weighted by Gasteiger charge is 2.19. The molecule has 0 aliphatic carbocycles. The predicted octanol–water partition coefficient (Wildman–Crippen LogP) is 3.46. The monoisotopic (exact) mass is 505 g/mol. The largest absolute Gasteiger partial charge is 0.460 e. The smallest absolute Gasteiger partial charge is 0.321 e. The molecule has 12 heteroatoms. The summed E-state index contributed by atoms with van der Waals surface area (Å²) in [4.78, 5) is 32.5. The Morgan fingerprint density at radius 3 is 2.53 bits per heavy atom. The van der Waals surface area contributed by atoms with Crippen LogP contribution < -0.4 is 10.6 Å². The van der Waals surface area contributed by atoms with Crippen LogP contribution >= 0.6 is 11.3 Å². The molecule has 0 aliphatic rings. The average Bonchev–Trinajstić information content (AvgIpc) is 3.13. The second kappa shape index (κ2) is 10.0. The molecule has 2 N–H and O–H groups in total. The van der Waals surface area contributed by atoms with Gasteiger partial charge < -0.3 is 10.1 Å². The normalized spacial score (nSPS) is 12.1. The van der Waals surface area contributed by atoms with Crippen molar-refractivity contribution in [1.82, 2.24) is 19.6 Å². The van der Waals surface area contributed by atoms with Crippen molar-refractivity contribution >= 4 is 48.7 Å². The van der Waals surface area contributed by atoms with E-state index >= 15 is 0 Å². The molecule has 182 valence electrons. The summed E-state index contributed by atoms with van der Waals surface area (Å²) in [6, 6.07) is 6.56. The number of carbonyl (C=O) groups excluding carboxylic acids is 2. The maximum Gasteiger partial charge on any atom is 0.321 e. The number of nitrogens with one attached hydrogen (secondary N) is 2. The number of hydrogen-bond acceptors (Lipinski definition) is 8. The molecule has 2 heterocycles. The lowest BCUT2D eigenvalue weighted by Crippen LogP contribution is -2.32. The summed E-state index contributed by atoms with van der Waals surface area (Å²) in [5, 5.41) is 5.66. The lowest BCUT2D eigenvalue weighted by molar-refractivity contribution is -0.154. The van der Waals surface area contributed by atoms with Crippen LogP contribution in [0.15, 0.2) is 41.6 Å². The van der Waals surface area contributed by atoms with Gasteiger partial charge in [0.25, 0.3) is 0 Å². The molecular weight excluding hydrogens is 478 g/mol. The van der Waals surface area contributed by atoms with Crippen molar-refractivity contribution in [3.8, 4) is 11.1 Å². The first-order chi connectivity index (χ1) is 15.8. The number of urea groups is 1. The fourth-order valence-electron chi connectivity index (χ4n) is 2.90. The van der Waals surface area contributed by atoms with E-state index in [4.69, 9.17) is 4.74 Å². The number of hydrogen-bond donors (Lipinski definition) is 2. The van der Waals surface area contributed by atoms with Gasteiger partial charge in [-0.15, -0.1) is 0 Å². The zero-order valence-electron chi connectivity index (χ0n) is 19.6. The molecule has 0 saturated heterocycles. The van der Waals surface area contributed by atoms with Crippen molar-refractivity contribution in [2.45, 2.75) is 37.7 Å². The predicted molar refractivity (Wildman–Crippen MR) is 131 cm³/mol. The van der Waals surface area contributed by atoms with Gasteiger partial charge in [-0.1, -0.05) is 17.4 Å². The van der Waals surface area contributed by atoms with Gasteiger partial charge in [-0.2, -0.15) is 0 Å². The number of esters is 1. The van der Waals surface area contributed by atoms with E-state index in [9.17, 15) is 18.0 Å². The minimum atomic E-state index is -3.60. The number of pyridine rings is 1. The third-order valence-electron chi connectivity index (χ3n) is 4.47. The Kier molecular flexibility index (Phi) is 7.54. The Morgan fingerprint density at radius 1 is 1.12 bits per heavy atom. The first-order valence-electron chi connectivity index (χ1n) is 10.4. The zero-order valence-corrected chi connectivity index (χ0v) is 21.2. The van der Waals surface area contributed by atoms with Crippen LogP contribution in [-0.2, 0) is 19.6 Å². The first-order valence-corrected chi connectivity index (χ1v) is 12.7. The fraction of sp³-hybridized carbons (Fsp3) is 0.364. The van der Waals surface area contributed by atoms with E-state index in [0.717, 1.165) is 14.6 Å². The molecular formula is C22H27N5O5S2. The van der Waals surface area contributed by atoms with Gasteiger partial charge >= 0.3 is 12.0 Å². The van der Waals surface area contributed by atoms with Gasteiger partial charge in [0.15, 0.2) is 5.13 Å². The first kappa shape index (κ1) is 25.5. The van der Waals surface area contributed by atoms with E-state index in [1.165, 1.54) is 31.6 Å². The number of nitrogens with zero attached hydrogens (tertiary/aromatic N) is 3. The molecule has 34 heavy (non-hydrogen) atoms. The van der Waals surface area contributed by atoms with Crippen molar-refractivity contribution in [3.63, 3.8) is 0 Å². The molecule has 3 rings (SSSR count). The summed E-state index contributed by atoms with van der Waals surface area (Å²) >= 11 is 1.28. The van der Waals surface area contributed by atoms with E-state index in [1.807, 2.05) is 12.1 Å². The SMILES string of the molecule is CN(C)S(=O)(=O)c1cncc(-c2ccc3nc(NC(=O)NCCC(=O)OC(C)(C)C)sc3c2)c1. The topological polar surface area (TPSA) is 131 Å². The number of thiazole rings is 1.